The van der Waals surface area contributed by atoms with Crippen LogP contribution in [0.5, 0.6) is 0 Å². The smallest absolute Gasteiger partial charge is 0.308 e. The van der Waals surface area contributed by atoms with Crippen molar-refractivity contribution in [1.29, 1.82) is 0 Å². The topological polar surface area (TPSA) is 26.3 Å². The van der Waals surface area contributed by atoms with Crippen LogP contribution < -0.4 is 0 Å². The second kappa shape index (κ2) is 4.16. The fourth-order valence-corrected chi connectivity index (χ4v) is 1.32. The van der Waals surface area contributed by atoms with Gasteiger partial charge in [0.05, 0.1) is 12.5 Å². The molecule has 1 heterocycles. The van der Waals surface area contributed by atoms with E-state index >= 15 is 0 Å². The van der Waals surface area contributed by atoms with E-state index in [1.54, 1.807) is 0 Å². The average molecular weight is 154 g/mol. The zero-order valence-electron chi connectivity index (χ0n) is 6.71. The maximum Gasteiger partial charge on any atom is 0.308 e. The molecule has 0 aliphatic carbocycles. The number of carbonyl (C=O) groups is 1. The SMILES string of the molecule is C=CCCC1CCCOC1=O. The summed E-state index contributed by atoms with van der Waals surface area (Å²) in [6.07, 6.45) is 5.68. The maximum absolute atomic E-state index is 11.0. The quantitative estimate of drug-likeness (QED) is 0.458. The van der Waals surface area contributed by atoms with Crippen LogP contribution in [0.25, 0.3) is 0 Å². The first-order valence-electron chi connectivity index (χ1n) is 4.12. The maximum atomic E-state index is 11.0. The van der Waals surface area contributed by atoms with Gasteiger partial charge in [-0.15, -0.1) is 6.58 Å². The third-order valence-electron chi connectivity index (χ3n) is 1.99. The van der Waals surface area contributed by atoms with Crippen LogP contribution in [0.4, 0.5) is 0 Å². The van der Waals surface area contributed by atoms with Crippen LogP contribution in [-0.4, -0.2) is 12.6 Å². The first kappa shape index (κ1) is 8.31. The lowest BCUT2D eigenvalue weighted by atomic mass is 9.96. The molecule has 0 aromatic carbocycles. The molecule has 2 heteroatoms. The molecule has 62 valence electrons. The standard InChI is InChI=1S/C9H14O2/c1-2-3-5-8-6-4-7-11-9(8)10/h2,8H,1,3-7H2. The lowest BCUT2D eigenvalue weighted by Crippen LogP contribution is -2.23. The summed E-state index contributed by atoms with van der Waals surface area (Å²) in [5, 5.41) is 0. The second-order valence-corrected chi connectivity index (χ2v) is 2.87. The summed E-state index contributed by atoms with van der Waals surface area (Å²) >= 11 is 0. The van der Waals surface area contributed by atoms with Crippen LogP contribution in [0.3, 0.4) is 0 Å². The van der Waals surface area contributed by atoms with Crippen LogP contribution in [-0.2, 0) is 9.53 Å². The Morgan fingerprint density at radius 2 is 2.55 bits per heavy atom. The Morgan fingerprint density at radius 3 is 3.18 bits per heavy atom. The summed E-state index contributed by atoms with van der Waals surface area (Å²) in [6.45, 7) is 4.23. The van der Waals surface area contributed by atoms with Crippen molar-refractivity contribution in [1.82, 2.24) is 0 Å². The Balaban J connectivity index is 2.29. The molecule has 0 N–H and O–H groups in total. The highest BCUT2D eigenvalue weighted by atomic mass is 16.5. The summed E-state index contributed by atoms with van der Waals surface area (Å²) in [5.74, 6) is 0.125. The molecule has 1 atom stereocenters. The van der Waals surface area contributed by atoms with Crippen LogP contribution in [0.1, 0.15) is 25.7 Å². The molecule has 1 unspecified atom stereocenters. The summed E-state index contributed by atoms with van der Waals surface area (Å²) in [6, 6.07) is 0. The normalized spacial score (nSPS) is 24.4. The summed E-state index contributed by atoms with van der Waals surface area (Å²) < 4.78 is 4.91. The number of cyclic esters (lactones) is 1. The van der Waals surface area contributed by atoms with E-state index in [1.165, 1.54) is 0 Å². The van der Waals surface area contributed by atoms with Crippen LogP contribution in [0, 0.1) is 5.92 Å². The Hall–Kier alpha value is -0.790. The summed E-state index contributed by atoms with van der Waals surface area (Å²) in [7, 11) is 0. The molecule has 0 aromatic rings. The largest absolute Gasteiger partial charge is 0.465 e. The van der Waals surface area contributed by atoms with Gasteiger partial charge in [0.15, 0.2) is 0 Å². The molecular formula is C9H14O2. The highest BCUT2D eigenvalue weighted by molar-refractivity contribution is 5.72. The predicted molar refractivity (Wildman–Crippen MR) is 43.1 cm³/mol. The summed E-state index contributed by atoms with van der Waals surface area (Å²) in [4.78, 5) is 11.0. The van der Waals surface area contributed by atoms with E-state index in [0.717, 1.165) is 25.7 Å². The van der Waals surface area contributed by atoms with Gasteiger partial charge in [-0.3, -0.25) is 4.79 Å². The van der Waals surface area contributed by atoms with E-state index in [-0.39, 0.29) is 11.9 Å². The van der Waals surface area contributed by atoms with Crippen LogP contribution in [0.2, 0.25) is 0 Å². The molecule has 1 aliphatic heterocycles. The van der Waals surface area contributed by atoms with Gasteiger partial charge in [0.25, 0.3) is 0 Å². The molecule has 0 saturated carbocycles. The minimum absolute atomic E-state index is 0.0156. The van der Waals surface area contributed by atoms with Crippen molar-refractivity contribution in [2.75, 3.05) is 6.61 Å². The van der Waals surface area contributed by atoms with Crippen molar-refractivity contribution in [2.45, 2.75) is 25.7 Å². The Morgan fingerprint density at radius 1 is 1.73 bits per heavy atom. The number of esters is 1. The van der Waals surface area contributed by atoms with Gasteiger partial charge in [-0.2, -0.15) is 0 Å². The van der Waals surface area contributed by atoms with Crippen molar-refractivity contribution in [3.05, 3.63) is 12.7 Å². The summed E-state index contributed by atoms with van der Waals surface area (Å²) in [5.41, 5.74) is 0. The van der Waals surface area contributed by atoms with E-state index < -0.39 is 0 Å². The van der Waals surface area contributed by atoms with Gasteiger partial charge >= 0.3 is 5.97 Å². The lowest BCUT2D eigenvalue weighted by Gasteiger charge is -2.19. The minimum Gasteiger partial charge on any atom is -0.465 e. The lowest BCUT2D eigenvalue weighted by molar-refractivity contribution is -0.153. The van der Waals surface area contributed by atoms with E-state index in [9.17, 15) is 4.79 Å². The first-order valence-corrected chi connectivity index (χ1v) is 4.12. The molecule has 1 rings (SSSR count). The molecule has 0 bridgehead atoms. The molecule has 0 amide bonds. The van der Waals surface area contributed by atoms with Gasteiger partial charge in [-0.1, -0.05) is 6.08 Å². The zero-order valence-corrected chi connectivity index (χ0v) is 6.71. The van der Waals surface area contributed by atoms with E-state index in [0.29, 0.717) is 6.61 Å². The molecule has 0 spiro atoms. The highest BCUT2D eigenvalue weighted by Gasteiger charge is 2.22. The van der Waals surface area contributed by atoms with Gasteiger partial charge in [0.2, 0.25) is 0 Å². The molecular weight excluding hydrogens is 140 g/mol. The monoisotopic (exact) mass is 154 g/mol. The number of hydrogen-bond donors (Lipinski definition) is 0. The van der Waals surface area contributed by atoms with Crippen molar-refractivity contribution < 1.29 is 9.53 Å². The predicted octanol–water partition coefficient (Wildman–Crippen LogP) is 1.91. The van der Waals surface area contributed by atoms with Crippen molar-refractivity contribution in [3.63, 3.8) is 0 Å². The van der Waals surface area contributed by atoms with Gasteiger partial charge in [-0.25, -0.2) is 0 Å². The molecule has 2 nitrogen and oxygen atoms in total. The van der Waals surface area contributed by atoms with E-state index in [4.69, 9.17) is 4.74 Å². The number of hydrogen-bond acceptors (Lipinski definition) is 2. The van der Waals surface area contributed by atoms with E-state index in [1.807, 2.05) is 6.08 Å². The second-order valence-electron chi connectivity index (χ2n) is 2.87. The van der Waals surface area contributed by atoms with E-state index in [2.05, 4.69) is 6.58 Å². The van der Waals surface area contributed by atoms with Crippen LogP contribution >= 0.6 is 0 Å². The number of allylic oxidation sites excluding steroid dienone is 1. The molecule has 0 radical (unpaired) electrons. The Labute approximate surface area is 67.2 Å². The molecule has 11 heavy (non-hydrogen) atoms. The third kappa shape index (κ3) is 2.37. The third-order valence-corrected chi connectivity index (χ3v) is 1.99. The zero-order chi connectivity index (χ0) is 8.10. The van der Waals surface area contributed by atoms with Crippen molar-refractivity contribution in [2.24, 2.45) is 5.92 Å². The number of carbonyl (C=O) groups excluding carboxylic acids is 1. The van der Waals surface area contributed by atoms with Crippen molar-refractivity contribution >= 4 is 5.97 Å². The molecule has 0 aromatic heterocycles. The fraction of sp³-hybridized carbons (Fsp3) is 0.667. The fourth-order valence-electron chi connectivity index (χ4n) is 1.32. The molecule has 1 fully saturated rings. The first-order chi connectivity index (χ1) is 5.34. The number of ether oxygens (including phenoxy) is 1. The van der Waals surface area contributed by atoms with Gasteiger partial charge < -0.3 is 4.74 Å². The minimum atomic E-state index is -0.0156. The Bertz CT molecular complexity index is 152. The van der Waals surface area contributed by atoms with Gasteiger partial charge in [0, 0.05) is 0 Å². The molecule has 1 saturated heterocycles. The Kier molecular flexibility index (Phi) is 3.14. The van der Waals surface area contributed by atoms with Crippen LogP contribution in [0.15, 0.2) is 12.7 Å². The van der Waals surface area contributed by atoms with Crippen molar-refractivity contribution in [3.8, 4) is 0 Å². The van der Waals surface area contributed by atoms with Gasteiger partial charge in [-0.05, 0) is 25.7 Å². The molecule has 1 aliphatic rings. The highest BCUT2D eigenvalue weighted by Crippen LogP contribution is 2.19. The van der Waals surface area contributed by atoms with Gasteiger partial charge in [0.1, 0.15) is 0 Å². The number of rotatable bonds is 3. The average Bonchev–Trinajstić information content (AvgIpc) is 2.03.